The molecule has 106 valence electrons. The molecule has 0 atom stereocenters. The number of hydrogen-bond acceptors (Lipinski definition) is 4. The third kappa shape index (κ3) is 3.64. The van der Waals surface area contributed by atoms with Gasteiger partial charge in [0.25, 0.3) is 0 Å². The molecular formula is C16H15N3OS. The van der Waals surface area contributed by atoms with Gasteiger partial charge in [0.15, 0.2) is 5.16 Å². The van der Waals surface area contributed by atoms with E-state index in [4.69, 9.17) is 4.74 Å². The summed E-state index contributed by atoms with van der Waals surface area (Å²) < 4.78 is 7.65. The van der Waals surface area contributed by atoms with Crippen molar-refractivity contribution in [2.75, 3.05) is 12.4 Å². The van der Waals surface area contributed by atoms with Crippen LogP contribution < -0.4 is 4.74 Å². The summed E-state index contributed by atoms with van der Waals surface area (Å²) in [4.78, 5) is 0. The fraction of sp³-hybridized carbons (Fsp3) is 0.125. The van der Waals surface area contributed by atoms with Crippen LogP contribution in [0, 0.1) is 0 Å². The molecule has 4 nitrogen and oxygen atoms in total. The fourth-order valence-electron chi connectivity index (χ4n) is 1.90. The van der Waals surface area contributed by atoms with E-state index in [9.17, 15) is 0 Å². The summed E-state index contributed by atoms with van der Waals surface area (Å²) in [5, 5.41) is 9.02. The van der Waals surface area contributed by atoms with Gasteiger partial charge >= 0.3 is 0 Å². The Bertz CT molecular complexity index is 670. The molecule has 2 aromatic carbocycles. The SMILES string of the molecule is c1ccc(OCCSc2nncn2-c2ccccc2)cc1. The van der Waals surface area contributed by atoms with Crippen molar-refractivity contribution in [3.8, 4) is 11.4 Å². The summed E-state index contributed by atoms with van der Waals surface area (Å²) in [7, 11) is 0. The second-order valence-corrected chi connectivity index (χ2v) is 5.39. The molecule has 0 aliphatic heterocycles. The number of aromatic nitrogens is 3. The molecule has 0 fully saturated rings. The number of rotatable bonds is 6. The first-order valence-electron chi connectivity index (χ1n) is 6.69. The zero-order valence-electron chi connectivity index (χ0n) is 11.4. The first-order valence-corrected chi connectivity index (χ1v) is 7.68. The molecule has 0 spiro atoms. The average Bonchev–Trinajstić information content (AvgIpc) is 3.02. The molecule has 3 aromatic rings. The highest BCUT2D eigenvalue weighted by molar-refractivity contribution is 7.99. The lowest BCUT2D eigenvalue weighted by atomic mass is 10.3. The topological polar surface area (TPSA) is 39.9 Å². The van der Waals surface area contributed by atoms with Gasteiger partial charge < -0.3 is 4.74 Å². The Labute approximate surface area is 127 Å². The third-order valence-corrected chi connectivity index (χ3v) is 3.78. The number of hydrogen-bond donors (Lipinski definition) is 0. The third-order valence-electron chi connectivity index (χ3n) is 2.88. The number of thioether (sulfide) groups is 1. The lowest BCUT2D eigenvalue weighted by Gasteiger charge is -2.07. The first kappa shape index (κ1) is 13.7. The van der Waals surface area contributed by atoms with Crippen molar-refractivity contribution in [2.45, 2.75) is 5.16 Å². The van der Waals surface area contributed by atoms with Gasteiger partial charge in [-0.05, 0) is 24.3 Å². The summed E-state index contributed by atoms with van der Waals surface area (Å²) in [6.07, 6.45) is 1.73. The first-order chi connectivity index (χ1) is 10.4. The van der Waals surface area contributed by atoms with Gasteiger partial charge in [-0.25, -0.2) is 0 Å². The van der Waals surface area contributed by atoms with Gasteiger partial charge in [0.05, 0.1) is 6.61 Å². The maximum atomic E-state index is 5.67. The Morgan fingerprint density at radius 1 is 0.952 bits per heavy atom. The van der Waals surface area contributed by atoms with E-state index < -0.39 is 0 Å². The molecule has 0 aliphatic rings. The van der Waals surface area contributed by atoms with E-state index in [0.717, 1.165) is 22.3 Å². The van der Waals surface area contributed by atoms with Gasteiger partial charge in [0, 0.05) is 11.4 Å². The second-order valence-electron chi connectivity index (χ2n) is 4.33. The minimum absolute atomic E-state index is 0.635. The minimum atomic E-state index is 0.635. The Morgan fingerprint density at radius 3 is 2.43 bits per heavy atom. The van der Waals surface area contributed by atoms with Crippen molar-refractivity contribution < 1.29 is 4.74 Å². The normalized spacial score (nSPS) is 10.5. The monoisotopic (exact) mass is 297 g/mol. The standard InChI is InChI=1S/C16H15N3OS/c1-3-7-14(8-4-1)19-13-17-18-16(19)21-12-11-20-15-9-5-2-6-10-15/h1-10,13H,11-12H2. The van der Waals surface area contributed by atoms with Gasteiger partial charge in [0.1, 0.15) is 12.1 Å². The van der Waals surface area contributed by atoms with E-state index in [-0.39, 0.29) is 0 Å². The summed E-state index contributed by atoms with van der Waals surface area (Å²) in [6.45, 7) is 0.635. The molecule has 0 bridgehead atoms. The summed E-state index contributed by atoms with van der Waals surface area (Å²) in [5.74, 6) is 1.71. The van der Waals surface area contributed by atoms with Crippen molar-refractivity contribution in [3.63, 3.8) is 0 Å². The predicted molar refractivity (Wildman–Crippen MR) is 84.0 cm³/mol. The van der Waals surface area contributed by atoms with Crippen LogP contribution in [0.1, 0.15) is 0 Å². The van der Waals surface area contributed by atoms with Gasteiger partial charge in [-0.15, -0.1) is 10.2 Å². The molecule has 0 unspecified atom stereocenters. The number of para-hydroxylation sites is 2. The summed E-state index contributed by atoms with van der Waals surface area (Å²) in [6, 6.07) is 19.9. The van der Waals surface area contributed by atoms with Crippen molar-refractivity contribution in [2.24, 2.45) is 0 Å². The van der Waals surface area contributed by atoms with Gasteiger partial charge in [0.2, 0.25) is 0 Å². The molecule has 0 saturated heterocycles. The van der Waals surface area contributed by atoms with E-state index in [1.165, 1.54) is 0 Å². The van der Waals surface area contributed by atoms with E-state index in [1.54, 1.807) is 18.1 Å². The van der Waals surface area contributed by atoms with Gasteiger partial charge in [-0.3, -0.25) is 4.57 Å². The molecular weight excluding hydrogens is 282 g/mol. The smallest absolute Gasteiger partial charge is 0.195 e. The zero-order valence-corrected chi connectivity index (χ0v) is 12.2. The van der Waals surface area contributed by atoms with Gasteiger partial charge in [-0.1, -0.05) is 48.2 Å². The minimum Gasteiger partial charge on any atom is -0.493 e. The number of nitrogens with zero attached hydrogens (tertiary/aromatic N) is 3. The van der Waals surface area contributed by atoms with E-state index in [0.29, 0.717) is 6.61 Å². The van der Waals surface area contributed by atoms with Crippen LogP contribution in [0.3, 0.4) is 0 Å². The quantitative estimate of drug-likeness (QED) is 0.516. The van der Waals surface area contributed by atoms with Crippen LogP contribution in [0.2, 0.25) is 0 Å². The molecule has 0 saturated carbocycles. The van der Waals surface area contributed by atoms with Gasteiger partial charge in [-0.2, -0.15) is 0 Å². The predicted octanol–water partition coefficient (Wildman–Crippen LogP) is 3.44. The molecule has 0 amide bonds. The Balaban J connectivity index is 1.56. The largest absolute Gasteiger partial charge is 0.493 e. The summed E-state index contributed by atoms with van der Waals surface area (Å²) in [5.41, 5.74) is 1.06. The Morgan fingerprint density at radius 2 is 1.67 bits per heavy atom. The van der Waals surface area contributed by atoms with Crippen LogP contribution in [0.15, 0.2) is 72.1 Å². The molecule has 5 heteroatoms. The van der Waals surface area contributed by atoms with Crippen molar-refractivity contribution in [1.82, 2.24) is 14.8 Å². The second kappa shape index (κ2) is 6.95. The highest BCUT2D eigenvalue weighted by atomic mass is 32.2. The highest BCUT2D eigenvalue weighted by Gasteiger charge is 2.06. The van der Waals surface area contributed by atoms with Crippen LogP contribution in [0.5, 0.6) is 5.75 Å². The fourth-order valence-corrected chi connectivity index (χ4v) is 2.64. The molecule has 1 aromatic heterocycles. The van der Waals surface area contributed by atoms with E-state index in [2.05, 4.69) is 10.2 Å². The van der Waals surface area contributed by atoms with E-state index in [1.807, 2.05) is 65.2 Å². The average molecular weight is 297 g/mol. The van der Waals surface area contributed by atoms with Crippen LogP contribution in [-0.4, -0.2) is 27.1 Å². The molecule has 3 rings (SSSR count). The maximum Gasteiger partial charge on any atom is 0.195 e. The number of ether oxygens (including phenoxy) is 1. The van der Waals surface area contributed by atoms with Crippen molar-refractivity contribution >= 4 is 11.8 Å². The zero-order chi connectivity index (χ0) is 14.3. The van der Waals surface area contributed by atoms with E-state index >= 15 is 0 Å². The maximum absolute atomic E-state index is 5.67. The lowest BCUT2D eigenvalue weighted by molar-refractivity contribution is 0.344. The molecule has 0 radical (unpaired) electrons. The van der Waals surface area contributed by atoms with Crippen LogP contribution in [0.4, 0.5) is 0 Å². The Hall–Kier alpha value is -2.27. The molecule has 1 heterocycles. The highest BCUT2D eigenvalue weighted by Crippen LogP contribution is 2.19. The Kier molecular flexibility index (Phi) is 4.53. The summed E-state index contributed by atoms with van der Waals surface area (Å²) >= 11 is 1.63. The number of benzene rings is 2. The van der Waals surface area contributed by atoms with Crippen LogP contribution in [-0.2, 0) is 0 Å². The molecule has 0 aliphatic carbocycles. The van der Waals surface area contributed by atoms with Crippen LogP contribution >= 0.6 is 11.8 Å². The lowest BCUT2D eigenvalue weighted by Crippen LogP contribution is -2.02. The van der Waals surface area contributed by atoms with Crippen molar-refractivity contribution in [3.05, 3.63) is 67.0 Å². The molecule has 21 heavy (non-hydrogen) atoms. The van der Waals surface area contributed by atoms with Crippen molar-refractivity contribution in [1.29, 1.82) is 0 Å². The molecule has 0 N–H and O–H groups in total. The van der Waals surface area contributed by atoms with Crippen LogP contribution in [0.25, 0.3) is 5.69 Å².